The average molecular weight is 922 g/mol. The van der Waals surface area contributed by atoms with Crippen molar-refractivity contribution in [1.82, 2.24) is 14.1 Å². The fourth-order valence-corrected chi connectivity index (χ4v) is 9.21. The van der Waals surface area contributed by atoms with Gasteiger partial charge in [0.05, 0.1) is 44.3 Å². The molecule has 0 radical (unpaired) electrons. The van der Waals surface area contributed by atoms with Gasteiger partial charge in [-0.25, -0.2) is 0 Å². The minimum absolute atomic E-state index is 0.116. The molecule has 0 aliphatic carbocycles. The van der Waals surface area contributed by atoms with Gasteiger partial charge in [-0.1, -0.05) is 36.4 Å². The lowest BCUT2D eigenvalue weighted by Gasteiger charge is -2.12. The van der Waals surface area contributed by atoms with E-state index in [0.29, 0.717) is 44.1 Å². The maximum atomic E-state index is 14.0. The Bertz CT molecular complexity index is 3570. The molecule has 0 atom stereocenters. The highest BCUT2D eigenvalue weighted by molar-refractivity contribution is 6.14. The molecular formula is C52H27F12N3. The van der Waals surface area contributed by atoms with E-state index in [-0.39, 0.29) is 33.2 Å². The number of rotatable bonds is 4. The van der Waals surface area contributed by atoms with Crippen LogP contribution in [0.1, 0.15) is 22.3 Å². The van der Waals surface area contributed by atoms with Gasteiger partial charge in [0.1, 0.15) is 0 Å². The summed E-state index contributed by atoms with van der Waals surface area (Å²) < 4.78 is 170. The van der Waals surface area contributed by atoms with Crippen LogP contribution in [0.25, 0.3) is 99.0 Å². The minimum Gasteiger partial charge on any atom is -0.355 e. The van der Waals surface area contributed by atoms with Crippen molar-refractivity contribution >= 4 is 65.4 Å². The first-order chi connectivity index (χ1) is 31.7. The molecule has 15 heteroatoms. The molecule has 0 saturated carbocycles. The number of nitrogens with one attached hydrogen (secondary N) is 1. The SMILES string of the molecule is FC(F)(F)c1cccc(-n2c3ccc(-c4ccc5[nH]c6ccc(-c7ccc8c(c7)c7cc(C(F)(F)F)ccc7n8-c7cccc(C(F)(F)F)c7)cc6c5c4)cc3c3cc(C(F)(F)F)ccc32)c1. The molecule has 8 aromatic carbocycles. The third kappa shape index (κ3) is 7.02. The summed E-state index contributed by atoms with van der Waals surface area (Å²) in [5.74, 6) is 0. The Hall–Kier alpha value is -7.68. The first-order valence-corrected chi connectivity index (χ1v) is 20.4. The van der Waals surface area contributed by atoms with Gasteiger partial charge in [-0.3, -0.25) is 0 Å². The van der Waals surface area contributed by atoms with Crippen molar-refractivity contribution in [3.05, 3.63) is 180 Å². The number of nitrogens with zero attached hydrogens (tertiary/aromatic N) is 2. The van der Waals surface area contributed by atoms with Gasteiger partial charge >= 0.3 is 24.7 Å². The van der Waals surface area contributed by atoms with Crippen molar-refractivity contribution in [2.75, 3.05) is 0 Å². The fourth-order valence-electron chi connectivity index (χ4n) is 9.21. The maximum Gasteiger partial charge on any atom is 0.416 e. The van der Waals surface area contributed by atoms with Gasteiger partial charge in [0, 0.05) is 54.7 Å². The smallest absolute Gasteiger partial charge is 0.355 e. The van der Waals surface area contributed by atoms with E-state index >= 15 is 0 Å². The molecular weight excluding hydrogens is 895 g/mol. The molecule has 0 bridgehead atoms. The van der Waals surface area contributed by atoms with E-state index in [1.54, 1.807) is 36.4 Å². The summed E-state index contributed by atoms with van der Waals surface area (Å²) in [4.78, 5) is 3.38. The first kappa shape index (κ1) is 42.0. The number of halogens is 12. The molecule has 3 nitrogen and oxygen atoms in total. The predicted octanol–water partition coefficient (Wildman–Crippen LogP) is 16.9. The molecule has 3 aromatic heterocycles. The summed E-state index contributed by atoms with van der Waals surface area (Å²) >= 11 is 0. The van der Waals surface area contributed by atoms with Crippen LogP contribution < -0.4 is 0 Å². The van der Waals surface area contributed by atoms with Crippen molar-refractivity contribution in [2.45, 2.75) is 24.7 Å². The molecule has 67 heavy (non-hydrogen) atoms. The highest BCUT2D eigenvalue weighted by atomic mass is 19.4. The highest BCUT2D eigenvalue weighted by Crippen LogP contribution is 2.43. The fraction of sp³-hybridized carbons (Fsp3) is 0.0769. The zero-order valence-electron chi connectivity index (χ0n) is 33.9. The number of hydrogen-bond acceptors (Lipinski definition) is 0. The molecule has 334 valence electrons. The van der Waals surface area contributed by atoms with Crippen molar-refractivity contribution in [3.8, 4) is 33.6 Å². The number of benzene rings is 8. The number of alkyl halides is 12. The average Bonchev–Trinajstić information content (AvgIpc) is 3.94. The van der Waals surface area contributed by atoms with Crippen LogP contribution in [0, 0.1) is 0 Å². The molecule has 0 amide bonds. The van der Waals surface area contributed by atoms with Crippen molar-refractivity contribution < 1.29 is 52.7 Å². The normalized spacial score (nSPS) is 13.1. The van der Waals surface area contributed by atoms with Crippen LogP contribution in [0.3, 0.4) is 0 Å². The zero-order valence-corrected chi connectivity index (χ0v) is 33.9. The van der Waals surface area contributed by atoms with Gasteiger partial charge in [-0.2, -0.15) is 52.7 Å². The Morgan fingerprint density at radius 3 is 0.940 bits per heavy atom. The van der Waals surface area contributed by atoms with Gasteiger partial charge in [-0.05, 0) is 144 Å². The van der Waals surface area contributed by atoms with Crippen LogP contribution in [0.15, 0.2) is 158 Å². The standard InChI is InChI=1S/C52H27F12N3/c53-49(54,55)31-3-1-5-35(23-31)66-45-15-9-29(21-39(45)41-25-33(51(59,60)61)11-17-47(41)66)27-7-13-43-37(19-27)38-20-28(8-14-44(38)65-43)30-10-16-46-40(22-30)42-26-34(52(62,63)64)12-18-48(42)67(46)36-6-2-4-32(24-36)50(56,57)58/h1-26,65H. The maximum absolute atomic E-state index is 14.0. The number of fused-ring (bicyclic) bond motifs is 9. The number of hydrogen-bond donors (Lipinski definition) is 1. The lowest BCUT2D eigenvalue weighted by Crippen LogP contribution is -2.06. The zero-order chi connectivity index (χ0) is 46.9. The summed E-state index contributed by atoms with van der Waals surface area (Å²) in [5, 5.41) is 2.65. The Morgan fingerprint density at radius 2 is 0.582 bits per heavy atom. The van der Waals surface area contributed by atoms with Gasteiger partial charge in [0.15, 0.2) is 0 Å². The monoisotopic (exact) mass is 921 g/mol. The van der Waals surface area contributed by atoms with E-state index in [1.165, 1.54) is 45.5 Å². The third-order valence-electron chi connectivity index (χ3n) is 12.3. The minimum atomic E-state index is -4.69. The van der Waals surface area contributed by atoms with E-state index in [0.717, 1.165) is 70.3 Å². The number of aromatic nitrogens is 3. The van der Waals surface area contributed by atoms with E-state index in [4.69, 9.17) is 0 Å². The van der Waals surface area contributed by atoms with Crippen molar-refractivity contribution in [3.63, 3.8) is 0 Å². The van der Waals surface area contributed by atoms with Crippen LogP contribution in [-0.2, 0) is 24.7 Å². The number of H-pyrrole nitrogens is 1. The Balaban J connectivity index is 1.05. The number of aromatic amines is 1. The van der Waals surface area contributed by atoms with Gasteiger partial charge < -0.3 is 14.1 Å². The van der Waals surface area contributed by atoms with Crippen LogP contribution >= 0.6 is 0 Å². The molecule has 3 heterocycles. The summed E-state index contributed by atoms with van der Waals surface area (Å²) in [6.45, 7) is 0. The van der Waals surface area contributed by atoms with Crippen LogP contribution in [-0.4, -0.2) is 14.1 Å². The highest BCUT2D eigenvalue weighted by Gasteiger charge is 2.34. The van der Waals surface area contributed by atoms with E-state index < -0.39 is 47.0 Å². The second kappa shape index (κ2) is 14.4. The van der Waals surface area contributed by atoms with Crippen molar-refractivity contribution in [1.29, 1.82) is 0 Å². The van der Waals surface area contributed by atoms with Gasteiger partial charge in [0.2, 0.25) is 0 Å². The third-order valence-corrected chi connectivity index (χ3v) is 12.3. The van der Waals surface area contributed by atoms with E-state index in [2.05, 4.69) is 4.98 Å². The van der Waals surface area contributed by atoms with E-state index in [9.17, 15) is 52.7 Å². The predicted molar refractivity (Wildman–Crippen MR) is 235 cm³/mol. The molecule has 0 saturated heterocycles. The summed E-state index contributed by atoms with van der Waals surface area (Å²) in [5.41, 5.74) is 1.95. The second-order valence-corrected chi connectivity index (χ2v) is 16.3. The summed E-state index contributed by atoms with van der Waals surface area (Å²) in [6, 6.07) is 36.8. The largest absolute Gasteiger partial charge is 0.416 e. The lowest BCUT2D eigenvalue weighted by atomic mass is 9.98. The Labute approximate surface area is 369 Å². The van der Waals surface area contributed by atoms with Crippen molar-refractivity contribution in [2.24, 2.45) is 0 Å². The first-order valence-electron chi connectivity index (χ1n) is 20.4. The quantitative estimate of drug-likeness (QED) is 0.170. The van der Waals surface area contributed by atoms with E-state index in [1.807, 2.05) is 36.4 Å². The Morgan fingerprint density at radius 1 is 0.284 bits per heavy atom. The van der Waals surface area contributed by atoms with Crippen LogP contribution in [0.2, 0.25) is 0 Å². The Kier molecular flexibility index (Phi) is 9.03. The van der Waals surface area contributed by atoms with Crippen LogP contribution in [0.5, 0.6) is 0 Å². The van der Waals surface area contributed by atoms with Gasteiger partial charge in [0.25, 0.3) is 0 Å². The topological polar surface area (TPSA) is 25.6 Å². The lowest BCUT2D eigenvalue weighted by molar-refractivity contribution is -0.138. The molecule has 0 spiro atoms. The molecule has 0 unspecified atom stereocenters. The van der Waals surface area contributed by atoms with Crippen LogP contribution in [0.4, 0.5) is 52.7 Å². The molecule has 0 fully saturated rings. The molecule has 11 aromatic rings. The molecule has 0 aliphatic heterocycles. The van der Waals surface area contributed by atoms with Gasteiger partial charge in [-0.15, -0.1) is 0 Å². The molecule has 11 rings (SSSR count). The molecule has 1 N–H and O–H groups in total. The summed E-state index contributed by atoms with van der Waals surface area (Å²) in [6.07, 6.45) is -18.7. The second-order valence-electron chi connectivity index (χ2n) is 16.3. The molecule has 0 aliphatic rings. The summed E-state index contributed by atoms with van der Waals surface area (Å²) in [7, 11) is 0.